The van der Waals surface area contributed by atoms with Crippen molar-refractivity contribution in [2.24, 2.45) is 0 Å². The van der Waals surface area contributed by atoms with Crippen LogP contribution < -0.4 is 16.0 Å². The van der Waals surface area contributed by atoms with Crippen LogP contribution in [0.4, 0.5) is 0 Å². The zero-order valence-electron chi connectivity index (χ0n) is 18.9. The van der Waals surface area contributed by atoms with Crippen molar-refractivity contribution in [3.05, 3.63) is 81.4 Å². The molecule has 2 unspecified atom stereocenters. The molecule has 0 radical (unpaired) electrons. The first-order valence-corrected chi connectivity index (χ1v) is 12.2. The minimum absolute atomic E-state index is 0.188. The van der Waals surface area contributed by atoms with E-state index in [1.807, 2.05) is 18.2 Å². The second kappa shape index (κ2) is 10.4. The van der Waals surface area contributed by atoms with Crippen LogP contribution in [0.5, 0.6) is 5.75 Å². The molecule has 3 aromatic rings. The highest BCUT2D eigenvalue weighted by Gasteiger charge is 2.45. The quantitative estimate of drug-likeness (QED) is 0.289. The van der Waals surface area contributed by atoms with E-state index in [1.54, 1.807) is 31.5 Å². The maximum atomic E-state index is 13.1. The molecule has 1 aromatic carbocycles. The number of methoxy groups -OCH3 is 1. The molecule has 0 aliphatic carbocycles. The van der Waals surface area contributed by atoms with Gasteiger partial charge in [-0.05, 0) is 35.4 Å². The Kier molecular flexibility index (Phi) is 7.52. The third-order valence-electron chi connectivity index (χ3n) is 5.65. The molecule has 0 amide bonds. The molecular formula is C22H24N3O10P. The van der Waals surface area contributed by atoms with Crippen LogP contribution in [0.2, 0.25) is 0 Å². The average molecular weight is 521 g/mol. The first kappa shape index (κ1) is 25.9. The van der Waals surface area contributed by atoms with Crippen LogP contribution in [0.1, 0.15) is 11.9 Å². The maximum Gasteiger partial charge on any atom is 0.469 e. The summed E-state index contributed by atoms with van der Waals surface area (Å²) in [5.41, 5.74) is 0.570. The molecule has 13 nitrogen and oxygen atoms in total. The third kappa shape index (κ3) is 5.63. The van der Waals surface area contributed by atoms with Crippen molar-refractivity contribution in [2.75, 3.05) is 13.7 Å². The largest absolute Gasteiger partial charge is 0.497 e. The zero-order chi connectivity index (χ0) is 26.0. The van der Waals surface area contributed by atoms with Crippen LogP contribution in [0.3, 0.4) is 0 Å². The summed E-state index contributed by atoms with van der Waals surface area (Å²) < 4.78 is 27.8. The van der Waals surface area contributed by atoms with Gasteiger partial charge in [-0.1, -0.05) is 12.1 Å². The Bertz CT molecular complexity index is 1400. The highest BCUT2D eigenvalue weighted by Crippen LogP contribution is 2.38. The number of nitrogens with zero attached hydrogens (tertiary/aromatic N) is 3. The number of aliphatic hydroxyl groups is 2. The Morgan fingerprint density at radius 1 is 1.08 bits per heavy atom. The molecule has 4 N–H and O–H groups in total. The van der Waals surface area contributed by atoms with Crippen LogP contribution in [0.15, 0.2) is 64.4 Å². The van der Waals surface area contributed by atoms with Gasteiger partial charge < -0.3 is 29.5 Å². The van der Waals surface area contributed by atoms with Crippen LogP contribution in [0, 0.1) is 0 Å². The van der Waals surface area contributed by atoms with Crippen LogP contribution in [0.25, 0.3) is 11.1 Å². The number of pyridine rings is 1. The minimum atomic E-state index is -4.85. The summed E-state index contributed by atoms with van der Waals surface area (Å²) in [7, 11) is -3.29. The normalized spacial score (nSPS) is 22.0. The molecule has 0 bridgehead atoms. The Morgan fingerprint density at radius 2 is 1.83 bits per heavy atom. The molecule has 14 heteroatoms. The van der Waals surface area contributed by atoms with Gasteiger partial charge in [0.2, 0.25) is 0 Å². The van der Waals surface area contributed by atoms with Crippen molar-refractivity contribution in [2.45, 2.75) is 31.1 Å². The lowest BCUT2D eigenvalue weighted by Crippen LogP contribution is -2.43. The predicted octanol–water partition coefficient (Wildman–Crippen LogP) is -0.143. The highest BCUT2D eigenvalue weighted by atomic mass is 31.2. The van der Waals surface area contributed by atoms with E-state index < -0.39 is 50.2 Å². The van der Waals surface area contributed by atoms with Gasteiger partial charge in [0.25, 0.3) is 5.56 Å². The van der Waals surface area contributed by atoms with Gasteiger partial charge in [-0.15, -0.1) is 0 Å². The van der Waals surface area contributed by atoms with E-state index in [0.717, 1.165) is 32.5 Å². The first-order chi connectivity index (χ1) is 17.1. The SMILES string of the molecule is COc1cccc(-c2ccnc(Cn3c(=O)ccn([C@@H]4O[C@H](COP(=O)(O)O)C(O)C4O)c3=O)c2)c1. The second-order valence-electron chi connectivity index (χ2n) is 8.03. The summed E-state index contributed by atoms with van der Waals surface area (Å²) in [4.78, 5) is 47.6. The van der Waals surface area contributed by atoms with Crippen molar-refractivity contribution in [1.82, 2.24) is 14.1 Å². The lowest BCUT2D eigenvalue weighted by molar-refractivity contribution is -0.0548. The molecule has 1 saturated heterocycles. The Balaban J connectivity index is 1.60. The number of rotatable bonds is 8. The fourth-order valence-corrected chi connectivity index (χ4v) is 4.19. The van der Waals surface area contributed by atoms with Crippen LogP contribution >= 0.6 is 7.82 Å². The van der Waals surface area contributed by atoms with E-state index in [9.17, 15) is 24.4 Å². The minimum Gasteiger partial charge on any atom is -0.497 e. The van der Waals surface area contributed by atoms with Crippen molar-refractivity contribution in [1.29, 1.82) is 0 Å². The first-order valence-electron chi connectivity index (χ1n) is 10.7. The molecule has 4 rings (SSSR count). The number of aliphatic hydroxyl groups excluding tert-OH is 2. The number of benzene rings is 1. The topological polar surface area (TPSA) is 183 Å². The summed E-state index contributed by atoms with van der Waals surface area (Å²) in [5.74, 6) is 0.662. The van der Waals surface area contributed by atoms with E-state index in [2.05, 4.69) is 9.51 Å². The molecule has 192 valence electrons. The summed E-state index contributed by atoms with van der Waals surface area (Å²) >= 11 is 0. The second-order valence-corrected chi connectivity index (χ2v) is 9.27. The van der Waals surface area contributed by atoms with Gasteiger partial charge in [-0.3, -0.25) is 23.4 Å². The molecule has 0 spiro atoms. The molecule has 1 aliphatic rings. The van der Waals surface area contributed by atoms with Crippen LogP contribution in [-0.4, -0.2) is 66.1 Å². The number of phosphoric ester groups is 1. The number of phosphoric acid groups is 1. The lowest BCUT2D eigenvalue weighted by atomic mass is 10.1. The van der Waals surface area contributed by atoms with Crippen molar-refractivity contribution in [3.63, 3.8) is 0 Å². The summed E-state index contributed by atoms with van der Waals surface area (Å²) in [6.07, 6.45) is -3.34. The number of hydrogen-bond donors (Lipinski definition) is 4. The molecular weight excluding hydrogens is 497 g/mol. The molecule has 4 atom stereocenters. The molecule has 3 heterocycles. The van der Waals surface area contributed by atoms with Crippen molar-refractivity contribution >= 4 is 7.82 Å². The number of ether oxygens (including phenoxy) is 2. The molecule has 36 heavy (non-hydrogen) atoms. The molecule has 2 aromatic heterocycles. The van der Waals surface area contributed by atoms with Gasteiger partial charge in [-0.25, -0.2) is 9.36 Å². The summed E-state index contributed by atoms with van der Waals surface area (Å²) in [5, 5.41) is 20.6. The van der Waals surface area contributed by atoms with Gasteiger partial charge in [-0.2, -0.15) is 0 Å². The highest BCUT2D eigenvalue weighted by molar-refractivity contribution is 7.46. The summed E-state index contributed by atoms with van der Waals surface area (Å²) in [6.45, 7) is -0.916. The monoisotopic (exact) mass is 521 g/mol. The van der Waals surface area contributed by atoms with Crippen molar-refractivity contribution < 1.29 is 38.6 Å². The van der Waals surface area contributed by atoms with E-state index in [1.165, 1.54) is 0 Å². The van der Waals surface area contributed by atoms with Crippen molar-refractivity contribution in [3.8, 4) is 16.9 Å². The third-order valence-corrected chi connectivity index (χ3v) is 6.14. The fourth-order valence-electron chi connectivity index (χ4n) is 3.85. The van der Waals surface area contributed by atoms with Gasteiger partial charge in [0.05, 0.1) is 26.0 Å². The number of aromatic nitrogens is 3. The average Bonchev–Trinajstić information content (AvgIpc) is 3.13. The van der Waals surface area contributed by atoms with Gasteiger partial charge in [0.15, 0.2) is 6.23 Å². The maximum absolute atomic E-state index is 13.1. The fraction of sp³-hybridized carbons (Fsp3) is 0.318. The van der Waals surface area contributed by atoms with E-state index in [4.69, 9.17) is 19.3 Å². The van der Waals surface area contributed by atoms with Gasteiger partial charge in [0, 0.05) is 18.5 Å². The molecule has 1 aliphatic heterocycles. The molecule has 0 saturated carbocycles. The van der Waals surface area contributed by atoms with E-state index in [-0.39, 0.29) is 6.54 Å². The standard InChI is InChI=1S/C22H24N3O10P/c1-33-16-4-2-3-13(10-16)14-5-7-23-15(9-14)11-25-18(26)6-8-24(22(25)29)21-20(28)19(27)17(35-21)12-34-36(30,31)32/h2-10,17,19-21,27-28H,11-12H2,1H3,(H2,30,31,32)/t17-,19?,20?,21-/m1/s1. The summed E-state index contributed by atoms with van der Waals surface area (Å²) in [6, 6.07) is 11.9. The van der Waals surface area contributed by atoms with E-state index >= 15 is 0 Å². The Morgan fingerprint density at radius 3 is 2.56 bits per heavy atom. The zero-order valence-corrected chi connectivity index (χ0v) is 19.8. The number of hydrogen-bond acceptors (Lipinski definition) is 9. The van der Waals surface area contributed by atoms with E-state index in [0.29, 0.717) is 11.4 Å². The smallest absolute Gasteiger partial charge is 0.469 e. The van der Waals surface area contributed by atoms with Crippen LogP contribution in [-0.2, 0) is 20.4 Å². The Hall–Kier alpha value is -3.16. The Labute approximate surface area is 204 Å². The van der Waals surface area contributed by atoms with Gasteiger partial charge in [0.1, 0.15) is 24.1 Å². The predicted molar refractivity (Wildman–Crippen MR) is 124 cm³/mol. The lowest BCUT2D eigenvalue weighted by Gasteiger charge is -2.18. The van der Waals surface area contributed by atoms with Gasteiger partial charge >= 0.3 is 13.5 Å². The molecule has 1 fully saturated rings.